The SMILES string of the molecule is COC(=O)CCC(N)C(O)c1ccc(F)c([N+](=O)[O-])c1. The molecular formula is C12H15FN2O5. The van der Waals surface area contributed by atoms with Crippen molar-refractivity contribution in [2.24, 2.45) is 5.73 Å². The number of carbonyl (C=O) groups excluding carboxylic acids is 1. The molecule has 0 bridgehead atoms. The van der Waals surface area contributed by atoms with Gasteiger partial charge in [0.25, 0.3) is 0 Å². The summed E-state index contributed by atoms with van der Waals surface area (Å²) in [7, 11) is 1.23. The molecule has 110 valence electrons. The van der Waals surface area contributed by atoms with Gasteiger partial charge in [0.15, 0.2) is 0 Å². The predicted molar refractivity (Wildman–Crippen MR) is 67.2 cm³/mol. The molecule has 0 saturated heterocycles. The molecule has 2 atom stereocenters. The Kier molecular flexibility index (Phi) is 5.53. The third-order valence-corrected chi connectivity index (χ3v) is 2.82. The lowest BCUT2D eigenvalue weighted by Gasteiger charge is -2.18. The van der Waals surface area contributed by atoms with E-state index in [9.17, 15) is 24.4 Å². The summed E-state index contributed by atoms with van der Waals surface area (Å²) in [4.78, 5) is 20.7. The summed E-state index contributed by atoms with van der Waals surface area (Å²) in [6.07, 6.45) is -1.09. The van der Waals surface area contributed by atoms with E-state index in [0.29, 0.717) is 0 Å². The summed E-state index contributed by atoms with van der Waals surface area (Å²) in [6, 6.07) is 2.21. The van der Waals surface area contributed by atoms with Gasteiger partial charge in [-0.2, -0.15) is 4.39 Å². The van der Waals surface area contributed by atoms with Gasteiger partial charge in [0.1, 0.15) is 0 Å². The monoisotopic (exact) mass is 286 g/mol. The van der Waals surface area contributed by atoms with Gasteiger partial charge in [0.05, 0.1) is 18.1 Å². The van der Waals surface area contributed by atoms with Gasteiger partial charge in [0.2, 0.25) is 5.82 Å². The van der Waals surface area contributed by atoms with Crippen LogP contribution in [0.2, 0.25) is 0 Å². The van der Waals surface area contributed by atoms with Crippen LogP contribution in [-0.4, -0.2) is 29.2 Å². The summed E-state index contributed by atoms with van der Waals surface area (Å²) in [6.45, 7) is 0. The molecule has 3 N–H and O–H groups in total. The van der Waals surface area contributed by atoms with Crippen molar-refractivity contribution in [1.82, 2.24) is 0 Å². The molecule has 1 aromatic rings. The van der Waals surface area contributed by atoms with Gasteiger partial charge in [-0.3, -0.25) is 14.9 Å². The number of ether oxygens (including phenoxy) is 1. The van der Waals surface area contributed by atoms with E-state index in [-0.39, 0.29) is 18.4 Å². The van der Waals surface area contributed by atoms with Crippen LogP contribution in [0, 0.1) is 15.9 Å². The Hall–Kier alpha value is -2.06. The average molecular weight is 286 g/mol. The Morgan fingerprint density at radius 3 is 2.80 bits per heavy atom. The molecule has 0 amide bonds. The predicted octanol–water partition coefficient (Wildman–Crippen LogP) is 1.05. The number of aliphatic hydroxyl groups is 1. The van der Waals surface area contributed by atoms with E-state index in [1.807, 2.05) is 0 Å². The molecular weight excluding hydrogens is 271 g/mol. The number of nitro benzene ring substituents is 1. The van der Waals surface area contributed by atoms with Crippen LogP contribution in [0.15, 0.2) is 18.2 Å². The van der Waals surface area contributed by atoms with E-state index in [0.717, 1.165) is 12.1 Å². The van der Waals surface area contributed by atoms with Crippen LogP contribution < -0.4 is 5.73 Å². The number of hydrogen-bond acceptors (Lipinski definition) is 6. The zero-order chi connectivity index (χ0) is 15.3. The van der Waals surface area contributed by atoms with Crippen LogP contribution in [0.3, 0.4) is 0 Å². The minimum absolute atomic E-state index is 0.0119. The number of benzene rings is 1. The molecule has 8 heteroatoms. The van der Waals surface area contributed by atoms with Crippen molar-refractivity contribution in [2.75, 3.05) is 7.11 Å². The first kappa shape index (κ1) is 16.0. The zero-order valence-corrected chi connectivity index (χ0v) is 10.8. The molecule has 1 rings (SSSR count). The molecule has 2 unspecified atom stereocenters. The van der Waals surface area contributed by atoms with Gasteiger partial charge in [-0.05, 0) is 18.1 Å². The molecule has 0 fully saturated rings. The molecule has 0 aromatic heterocycles. The fraction of sp³-hybridized carbons (Fsp3) is 0.417. The van der Waals surface area contributed by atoms with Gasteiger partial charge < -0.3 is 15.6 Å². The van der Waals surface area contributed by atoms with Crippen molar-refractivity contribution < 1.29 is 24.0 Å². The maximum Gasteiger partial charge on any atom is 0.305 e. The molecule has 1 aromatic carbocycles. The van der Waals surface area contributed by atoms with Crippen LogP contribution >= 0.6 is 0 Å². The van der Waals surface area contributed by atoms with Crippen LogP contribution in [0.5, 0.6) is 0 Å². The molecule has 0 spiro atoms. The first-order chi connectivity index (χ1) is 9.36. The molecule has 0 aliphatic heterocycles. The zero-order valence-electron chi connectivity index (χ0n) is 10.8. The second-order valence-corrected chi connectivity index (χ2v) is 4.19. The van der Waals surface area contributed by atoms with E-state index >= 15 is 0 Å². The van der Waals surface area contributed by atoms with Crippen molar-refractivity contribution in [3.05, 3.63) is 39.7 Å². The third-order valence-electron chi connectivity index (χ3n) is 2.82. The van der Waals surface area contributed by atoms with Crippen LogP contribution in [-0.2, 0) is 9.53 Å². The van der Waals surface area contributed by atoms with Crippen molar-refractivity contribution in [3.63, 3.8) is 0 Å². The lowest BCUT2D eigenvalue weighted by atomic mass is 9.98. The first-order valence-corrected chi connectivity index (χ1v) is 5.81. The Morgan fingerprint density at radius 2 is 2.25 bits per heavy atom. The van der Waals surface area contributed by atoms with Gasteiger partial charge in [-0.25, -0.2) is 0 Å². The van der Waals surface area contributed by atoms with Crippen LogP contribution in [0.1, 0.15) is 24.5 Å². The number of aliphatic hydroxyl groups excluding tert-OH is 1. The first-order valence-electron chi connectivity index (χ1n) is 5.81. The highest BCUT2D eigenvalue weighted by atomic mass is 19.1. The topological polar surface area (TPSA) is 116 Å². The number of hydrogen-bond donors (Lipinski definition) is 2. The molecule has 0 heterocycles. The fourth-order valence-corrected chi connectivity index (χ4v) is 1.65. The van der Waals surface area contributed by atoms with Crippen molar-refractivity contribution in [1.29, 1.82) is 0 Å². The quantitative estimate of drug-likeness (QED) is 0.458. The number of nitrogens with zero attached hydrogens (tertiary/aromatic N) is 1. The smallest absolute Gasteiger partial charge is 0.305 e. The van der Waals surface area contributed by atoms with E-state index in [2.05, 4.69) is 4.74 Å². The summed E-state index contributed by atoms with van der Waals surface area (Å²) in [5, 5.41) is 20.6. The Labute approximate surface area is 114 Å². The average Bonchev–Trinajstić information content (AvgIpc) is 2.43. The number of nitrogens with two attached hydrogens (primary N) is 1. The minimum atomic E-state index is -1.24. The molecule has 0 saturated carbocycles. The number of rotatable bonds is 6. The molecule has 7 nitrogen and oxygen atoms in total. The Morgan fingerprint density at radius 1 is 1.60 bits per heavy atom. The maximum atomic E-state index is 13.2. The molecule has 0 aliphatic rings. The largest absolute Gasteiger partial charge is 0.469 e. The van der Waals surface area contributed by atoms with Gasteiger partial charge in [-0.15, -0.1) is 0 Å². The summed E-state index contributed by atoms with van der Waals surface area (Å²) in [5.74, 6) is -1.47. The van der Waals surface area contributed by atoms with Crippen molar-refractivity contribution in [2.45, 2.75) is 25.0 Å². The van der Waals surface area contributed by atoms with E-state index in [1.54, 1.807) is 0 Å². The Bertz CT molecular complexity index is 509. The third kappa shape index (κ3) is 3.97. The highest BCUT2D eigenvalue weighted by Crippen LogP contribution is 2.25. The normalized spacial score (nSPS) is 13.6. The van der Waals surface area contributed by atoms with Crippen LogP contribution in [0.25, 0.3) is 0 Å². The number of nitro groups is 1. The van der Waals surface area contributed by atoms with Gasteiger partial charge in [-0.1, -0.05) is 6.07 Å². The Balaban J connectivity index is 2.81. The van der Waals surface area contributed by atoms with Crippen LogP contribution in [0.4, 0.5) is 10.1 Å². The van der Waals surface area contributed by atoms with Crippen molar-refractivity contribution in [3.8, 4) is 0 Å². The molecule has 0 aliphatic carbocycles. The summed E-state index contributed by atoms with van der Waals surface area (Å²) >= 11 is 0. The second-order valence-electron chi connectivity index (χ2n) is 4.19. The van der Waals surface area contributed by atoms with E-state index in [1.165, 1.54) is 13.2 Å². The van der Waals surface area contributed by atoms with Gasteiger partial charge in [0, 0.05) is 18.5 Å². The minimum Gasteiger partial charge on any atom is -0.469 e. The van der Waals surface area contributed by atoms with E-state index in [4.69, 9.17) is 5.73 Å². The molecule has 0 radical (unpaired) electrons. The lowest BCUT2D eigenvalue weighted by molar-refractivity contribution is -0.387. The fourth-order valence-electron chi connectivity index (χ4n) is 1.65. The highest BCUT2D eigenvalue weighted by Gasteiger charge is 2.22. The summed E-state index contributed by atoms with van der Waals surface area (Å²) in [5.41, 5.74) is 5.08. The van der Waals surface area contributed by atoms with Crippen molar-refractivity contribution >= 4 is 11.7 Å². The van der Waals surface area contributed by atoms with E-state index < -0.39 is 34.5 Å². The standard InChI is InChI=1S/C12H15FN2O5/c1-20-11(16)5-4-9(14)12(17)7-2-3-8(13)10(6-7)15(18)19/h2-3,6,9,12,17H,4-5,14H2,1H3. The number of methoxy groups -OCH3 is 1. The maximum absolute atomic E-state index is 13.2. The molecule has 20 heavy (non-hydrogen) atoms. The second kappa shape index (κ2) is 6.92. The summed E-state index contributed by atoms with van der Waals surface area (Å²) < 4.78 is 17.6. The highest BCUT2D eigenvalue weighted by molar-refractivity contribution is 5.69. The van der Waals surface area contributed by atoms with Gasteiger partial charge >= 0.3 is 11.7 Å². The number of esters is 1. The number of halogens is 1. The lowest BCUT2D eigenvalue weighted by Crippen LogP contribution is -2.29. The number of carbonyl (C=O) groups is 1.